The second-order valence-corrected chi connectivity index (χ2v) is 3.48. The van der Waals surface area contributed by atoms with Gasteiger partial charge in [0.05, 0.1) is 6.61 Å². The first kappa shape index (κ1) is 9.92. The quantitative estimate of drug-likeness (QED) is 0.728. The molecule has 2 rings (SSSR count). The van der Waals surface area contributed by atoms with Gasteiger partial charge in [-0.2, -0.15) is 0 Å². The summed E-state index contributed by atoms with van der Waals surface area (Å²) in [4.78, 5) is 14.8. The van der Waals surface area contributed by atoms with Gasteiger partial charge in [0.2, 0.25) is 0 Å². The van der Waals surface area contributed by atoms with E-state index in [9.17, 15) is 4.79 Å². The van der Waals surface area contributed by atoms with E-state index in [1.165, 1.54) is 0 Å². The van der Waals surface area contributed by atoms with Crippen molar-refractivity contribution in [2.24, 2.45) is 5.73 Å². The minimum Gasteiger partial charge on any atom is -0.493 e. The Morgan fingerprint density at radius 2 is 2.53 bits per heavy atom. The number of carbonyl (C=O) groups is 1. The van der Waals surface area contributed by atoms with E-state index < -0.39 is 12.0 Å². The average molecular weight is 208 g/mol. The molecular formula is C10H12N2O3. The molecular weight excluding hydrogens is 196 g/mol. The zero-order valence-electron chi connectivity index (χ0n) is 8.14. The normalized spacial score (nSPS) is 15.5. The summed E-state index contributed by atoms with van der Waals surface area (Å²) in [5, 5.41) is 8.71. The van der Waals surface area contributed by atoms with Crippen LogP contribution in [0.25, 0.3) is 0 Å². The molecule has 0 saturated carbocycles. The van der Waals surface area contributed by atoms with Crippen LogP contribution in [0.5, 0.6) is 5.75 Å². The summed E-state index contributed by atoms with van der Waals surface area (Å²) in [6.45, 7) is 0.635. The highest BCUT2D eigenvalue weighted by Crippen LogP contribution is 2.27. The monoisotopic (exact) mass is 208 g/mol. The Labute approximate surface area is 86.9 Å². The van der Waals surface area contributed by atoms with E-state index in [1.807, 2.05) is 0 Å². The van der Waals surface area contributed by atoms with Gasteiger partial charge in [0, 0.05) is 30.3 Å². The summed E-state index contributed by atoms with van der Waals surface area (Å²) < 4.78 is 5.35. The highest BCUT2D eigenvalue weighted by molar-refractivity contribution is 5.73. The predicted octanol–water partition coefficient (Wildman–Crippen LogP) is -0.0291. The van der Waals surface area contributed by atoms with Crippen LogP contribution in [0.2, 0.25) is 0 Å². The Bertz CT molecular complexity index is 392. The molecule has 3 N–H and O–H groups in total. The summed E-state index contributed by atoms with van der Waals surface area (Å²) in [5.74, 6) is -0.203. The number of ether oxygens (including phenoxy) is 1. The first-order chi connectivity index (χ1) is 7.18. The summed E-state index contributed by atoms with van der Waals surface area (Å²) in [6, 6.07) is 0.891. The average Bonchev–Trinajstić information content (AvgIpc) is 2.66. The Hall–Kier alpha value is -1.62. The van der Waals surface area contributed by atoms with Crippen LogP contribution in [0.3, 0.4) is 0 Å². The zero-order chi connectivity index (χ0) is 10.8. The topological polar surface area (TPSA) is 85.4 Å². The lowest BCUT2D eigenvalue weighted by atomic mass is 10.0. The molecule has 0 fully saturated rings. The van der Waals surface area contributed by atoms with Gasteiger partial charge in [-0.25, -0.2) is 0 Å². The van der Waals surface area contributed by atoms with Crippen molar-refractivity contribution in [3.05, 3.63) is 23.5 Å². The van der Waals surface area contributed by atoms with Crippen molar-refractivity contribution in [1.82, 2.24) is 4.98 Å². The SMILES string of the molecule is NC(Cc1nccc2c1CCO2)C(=O)O. The van der Waals surface area contributed by atoms with Crippen molar-refractivity contribution in [1.29, 1.82) is 0 Å². The van der Waals surface area contributed by atoms with E-state index in [2.05, 4.69) is 4.98 Å². The number of rotatable bonds is 3. The lowest BCUT2D eigenvalue weighted by molar-refractivity contribution is -0.138. The number of hydrogen-bond acceptors (Lipinski definition) is 4. The van der Waals surface area contributed by atoms with E-state index in [0.29, 0.717) is 6.61 Å². The third-order valence-corrected chi connectivity index (χ3v) is 2.44. The number of pyridine rings is 1. The molecule has 0 aliphatic carbocycles. The van der Waals surface area contributed by atoms with Gasteiger partial charge in [0.15, 0.2) is 0 Å². The summed E-state index contributed by atoms with van der Waals surface area (Å²) in [6.07, 6.45) is 2.65. The second kappa shape index (κ2) is 3.86. The van der Waals surface area contributed by atoms with Crippen LogP contribution in [0.4, 0.5) is 0 Å². The number of aliphatic carboxylic acids is 1. The maximum Gasteiger partial charge on any atom is 0.320 e. The van der Waals surface area contributed by atoms with Crippen LogP contribution in [-0.4, -0.2) is 28.7 Å². The van der Waals surface area contributed by atoms with Crippen molar-refractivity contribution in [3.8, 4) is 5.75 Å². The Kier molecular flexibility index (Phi) is 2.55. The molecule has 1 aromatic heterocycles. The van der Waals surface area contributed by atoms with Crippen LogP contribution in [0, 0.1) is 0 Å². The second-order valence-electron chi connectivity index (χ2n) is 3.48. The molecule has 1 aliphatic heterocycles. The van der Waals surface area contributed by atoms with Gasteiger partial charge in [-0.1, -0.05) is 0 Å². The van der Waals surface area contributed by atoms with Crippen molar-refractivity contribution >= 4 is 5.97 Å². The first-order valence-corrected chi connectivity index (χ1v) is 4.76. The molecule has 0 amide bonds. The number of nitrogens with zero attached hydrogens (tertiary/aromatic N) is 1. The molecule has 1 aliphatic rings. The third-order valence-electron chi connectivity index (χ3n) is 2.44. The van der Waals surface area contributed by atoms with Crippen molar-refractivity contribution < 1.29 is 14.6 Å². The molecule has 15 heavy (non-hydrogen) atoms. The molecule has 0 spiro atoms. The minimum atomic E-state index is -1.01. The Morgan fingerprint density at radius 3 is 3.27 bits per heavy atom. The van der Waals surface area contributed by atoms with Gasteiger partial charge in [0.1, 0.15) is 11.8 Å². The van der Waals surface area contributed by atoms with Crippen LogP contribution < -0.4 is 10.5 Å². The zero-order valence-corrected chi connectivity index (χ0v) is 8.14. The van der Waals surface area contributed by atoms with E-state index in [-0.39, 0.29) is 6.42 Å². The predicted molar refractivity (Wildman–Crippen MR) is 52.8 cm³/mol. The maximum atomic E-state index is 10.6. The van der Waals surface area contributed by atoms with Gasteiger partial charge >= 0.3 is 5.97 Å². The maximum absolute atomic E-state index is 10.6. The third kappa shape index (κ3) is 1.92. The van der Waals surface area contributed by atoms with Gasteiger partial charge in [-0.05, 0) is 6.07 Å². The fourth-order valence-corrected chi connectivity index (χ4v) is 1.65. The molecule has 1 atom stereocenters. The first-order valence-electron chi connectivity index (χ1n) is 4.76. The number of hydrogen-bond donors (Lipinski definition) is 2. The van der Waals surface area contributed by atoms with Gasteiger partial charge in [-0.3, -0.25) is 9.78 Å². The van der Waals surface area contributed by atoms with E-state index in [4.69, 9.17) is 15.6 Å². The number of fused-ring (bicyclic) bond motifs is 1. The Balaban J connectivity index is 2.22. The summed E-state index contributed by atoms with van der Waals surface area (Å²) in [7, 11) is 0. The molecule has 5 nitrogen and oxygen atoms in total. The van der Waals surface area contributed by atoms with Crippen molar-refractivity contribution in [3.63, 3.8) is 0 Å². The van der Waals surface area contributed by atoms with Crippen LogP contribution in [0.1, 0.15) is 11.3 Å². The molecule has 0 radical (unpaired) electrons. The lowest BCUT2D eigenvalue weighted by Crippen LogP contribution is -2.32. The smallest absolute Gasteiger partial charge is 0.320 e. The van der Waals surface area contributed by atoms with Crippen LogP contribution >= 0.6 is 0 Å². The summed E-state index contributed by atoms with van der Waals surface area (Å²) in [5.41, 5.74) is 7.19. The minimum absolute atomic E-state index is 0.252. The molecule has 0 saturated heterocycles. The molecule has 1 aromatic rings. The van der Waals surface area contributed by atoms with Crippen molar-refractivity contribution in [2.45, 2.75) is 18.9 Å². The highest BCUT2D eigenvalue weighted by atomic mass is 16.5. The fourth-order valence-electron chi connectivity index (χ4n) is 1.65. The number of carboxylic acid groups (broad SMARTS) is 1. The lowest BCUT2D eigenvalue weighted by Gasteiger charge is -2.08. The van der Waals surface area contributed by atoms with E-state index in [0.717, 1.165) is 23.4 Å². The molecule has 0 aromatic carbocycles. The summed E-state index contributed by atoms with van der Waals surface area (Å²) >= 11 is 0. The number of aromatic nitrogens is 1. The Morgan fingerprint density at radius 1 is 1.73 bits per heavy atom. The molecule has 80 valence electrons. The van der Waals surface area contributed by atoms with E-state index in [1.54, 1.807) is 12.3 Å². The molecule has 2 heterocycles. The van der Waals surface area contributed by atoms with Gasteiger partial charge < -0.3 is 15.6 Å². The number of nitrogens with two attached hydrogens (primary N) is 1. The molecule has 0 bridgehead atoms. The molecule has 5 heteroatoms. The van der Waals surface area contributed by atoms with Gasteiger partial charge in [0.25, 0.3) is 0 Å². The van der Waals surface area contributed by atoms with Crippen molar-refractivity contribution in [2.75, 3.05) is 6.61 Å². The number of carboxylic acids is 1. The molecule has 1 unspecified atom stereocenters. The van der Waals surface area contributed by atoms with E-state index >= 15 is 0 Å². The fraction of sp³-hybridized carbons (Fsp3) is 0.400. The largest absolute Gasteiger partial charge is 0.493 e. The highest BCUT2D eigenvalue weighted by Gasteiger charge is 2.20. The van der Waals surface area contributed by atoms with Crippen LogP contribution in [0.15, 0.2) is 12.3 Å². The van der Waals surface area contributed by atoms with Gasteiger partial charge in [-0.15, -0.1) is 0 Å². The van der Waals surface area contributed by atoms with Crippen LogP contribution in [-0.2, 0) is 17.6 Å². The standard InChI is InChI=1S/C10H12N2O3/c11-7(10(13)14)5-8-6-2-4-15-9(6)1-3-12-8/h1,3,7H,2,4-5,11H2,(H,13,14).